The maximum absolute atomic E-state index is 5.08. The highest BCUT2D eigenvalue weighted by Gasteiger charge is 2.00. The first-order valence-electron chi connectivity index (χ1n) is 6.91. The van der Waals surface area contributed by atoms with Crippen LogP contribution in [0, 0.1) is 0 Å². The van der Waals surface area contributed by atoms with E-state index < -0.39 is 0 Å². The lowest BCUT2D eigenvalue weighted by Crippen LogP contribution is -2.23. The molecule has 2 N–H and O–H groups in total. The van der Waals surface area contributed by atoms with Gasteiger partial charge in [-0.05, 0) is 47.5 Å². The topological polar surface area (TPSA) is 24.1 Å². The minimum Gasteiger partial charge on any atom is -0.366 e. The molecule has 2 aromatic rings. The van der Waals surface area contributed by atoms with Gasteiger partial charge in [-0.3, -0.25) is 0 Å². The lowest BCUT2D eigenvalue weighted by atomic mass is 10.0. The summed E-state index contributed by atoms with van der Waals surface area (Å²) in [7, 11) is 1.81. The van der Waals surface area contributed by atoms with Crippen molar-refractivity contribution in [2.75, 3.05) is 12.4 Å². The molecule has 0 radical (unpaired) electrons. The molecule has 0 saturated carbocycles. The maximum Gasteiger partial charge on any atom is 0.170 e. The maximum atomic E-state index is 5.08. The number of benzene rings is 2. The van der Waals surface area contributed by atoms with E-state index in [4.69, 9.17) is 12.2 Å². The normalized spacial score (nSPS) is 10.1. The summed E-state index contributed by atoms with van der Waals surface area (Å²) in [5.74, 6) is 0. The molecule has 3 heteroatoms. The number of hydrogen-bond donors (Lipinski definition) is 2. The summed E-state index contributed by atoms with van der Waals surface area (Å²) in [5, 5.41) is 6.64. The molecule has 0 unspecified atom stereocenters. The third kappa shape index (κ3) is 3.81. The lowest BCUT2D eigenvalue weighted by Gasteiger charge is -2.08. The first kappa shape index (κ1) is 14.5. The molecule has 0 bridgehead atoms. The van der Waals surface area contributed by atoms with Gasteiger partial charge in [0.15, 0.2) is 5.11 Å². The highest BCUT2D eigenvalue weighted by atomic mass is 32.1. The van der Waals surface area contributed by atoms with Gasteiger partial charge in [0.05, 0.1) is 0 Å². The van der Waals surface area contributed by atoms with Crippen molar-refractivity contribution in [1.82, 2.24) is 5.32 Å². The van der Waals surface area contributed by atoms with E-state index in [1.807, 2.05) is 19.2 Å². The average molecular weight is 284 g/mol. The fourth-order valence-electron chi connectivity index (χ4n) is 2.09. The van der Waals surface area contributed by atoms with Crippen molar-refractivity contribution < 1.29 is 0 Å². The summed E-state index contributed by atoms with van der Waals surface area (Å²) in [5.41, 5.74) is 4.85. The predicted octanol–water partition coefficient (Wildman–Crippen LogP) is 4.22. The number of hydrogen-bond acceptors (Lipinski definition) is 1. The van der Waals surface area contributed by atoms with Gasteiger partial charge in [-0.1, -0.05) is 49.7 Å². The van der Waals surface area contributed by atoms with E-state index in [0.717, 1.165) is 12.1 Å². The molecule has 0 aliphatic heterocycles. The molecule has 20 heavy (non-hydrogen) atoms. The second kappa shape index (κ2) is 7.06. The molecule has 0 fully saturated rings. The summed E-state index contributed by atoms with van der Waals surface area (Å²) < 4.78 is 0. The first-order chi connectivity index (χ1) is 9.72. The van der Waals surface area contributed by atoms with Crippen molar-refractivity contribution in [3.05, 3.63) is 54.1 Å². The standard InChI is InChI=1S/C17H20N2S/c1-3-4-13-5-7-14(8-6-13)15-9-11-16(12-10-15)19-17(20)18-2/h5-12H,3-4H2,1-2H3,(H2,18,19,20). The monoisotopic (exact) mass is 284 g/mol. The second-order valence-electron chi connectivity index (χ2n) is 4.73. The van der Waals surface area contributed by atoms with E-state index in [9.17, 15) is 0 Å². The number of aryl methyl sites for hydroxylation is 1. The minimum absolute atomic E-state index is 0.627. The van der Waals surface area contributed by atoms with Gasteiger partial charge in [-0.25, -0.2) is 0 Å². The summed E-state index contributed by atoms with van der Waals surface area (Å²) in [6.07, 6.45) is 2.33. The fraction of sp³-hybridized carbons (Fsp3) is 0.235. The van der Waals surface area contributed by atoms with E-state index in [0.29, 0.717) is 5.11 Å². The molecule has 2 rings (SSSR count). The molecule has 0 heterocycles. The van der Waals surface area contributed by atoms with Crippen LogP contribution in [-0.2, 0) is 6.42 Å². The van der Waals surface area contributed by atoms with Crippen LogP contribution in [0.3, 0.4) is 0 Å². The summed E-state index contributed by atoms with van der Waals surface area (Å²) in [6, 6.07) is 17.1. The van der Waals surface area contributed by atoms with Crippen molar-refractivity contribution in [3.8, 4) is 11.1 Å². The molecule has 0 amide bonds. The van der Waals surface area contributed by atoms with Crippen molar-refractivity contribution in [2.45, 2.75) is 19.8 Å². The molecular formula is C17H20N2S. The summed E-state index contributed by atoms with van der Waals surface area (Å²) in [4.78, 5) is 0. The zero-order chi connectivity index (χ0) is 14.4. The zero-order valence-electron chi connectivity index (χ0n) is 11.9. The Hall–Kier alpha value is -1.87. The van der Waals surface area contributed by atoms with Crippen LogP contribution < -0.4 is 10.6 Å². The Kier molecular flexibility index (Phi) is 5.13. The number of nitrogens with one attached hydrogen (secondary N) is 2. The van der Waals surface area contributed by atoms with Crippen LogP contribution in [0.2, 0.25) is 0 Å². The number of rotatable bonds is 4. The Morgan fingerprint density at radius 2 is 1.50 bits per heavy atom. The van der Waals surface area contributed by atoms with E-state index >= 15 is 0 Å². The van der Waals surface area contributed by atoms with Crippen molar-refractivity contribution in [3.63, 3.8) is 0 Å². The largest absolute Gasteiger partial charge is 0.366 e. The third-order valence-electron chi connectivity index (χ3n) is 3.20. The van der Waals surface area contributed by atoms with Crippen LogP contribution in [-0.4, -0.2) is 12.2 Å². The highest BCUT2D eigenvalue weighted by Crippen LogP contribution is 2.22. The van der Waals surface area contributed by atoms with Crippen LogP contribution in [0.1, 0.15) is 18.9 Å². The molecular weight excluding hydrogens is 264 g/mol. The third-order valence-corrected chi connectivity index (χ3v) is 3.50. The van der Waals surface area contributed by atoms with Crippen molar-refractivity contribution in [1.29, 1.82) is 0 Å². The van der Waals surface area contributed by atoms with Gasteiger partial charge < -0.3 is 10.6 Å². The van der Waals surface area contributed by atoms with E-state index in [1.165, 1.54) is 23.1 Å². The molecule has 0 atom stereocenters. The van der Waals surface area contributed by atoms with Crippen molar-refractivity contribution >= 4 is 23.0 Å². The highest BCUT2D eigenvalue weighted by molar-refractivity contribution is 7.80. The molecule has 0 aliphatic carbocycles. The Bertz CT molecular complexity index is 559. The lowest BCUT2D eigenvalue weighted by molar-refractivity contribution is 0.922. The molecule has 0 aliphatic rings. The smallest absolute Gasteiger partial charge is 0.170 e. The van der Waals surface area contributed by atoms with Crippen LogP contribution in [0.5, 0.6) is 0 Å². The Morgan fingerprint density at radius 1 is 0.950 bits per heavy atom. The van der Waals surface area contributed by atoms with Crippen molar-refractivity contribution in [2.24, 2.45) is 0 Å². The molecule has 2 nitrogen and oxygen atoms in total. The first-order valence-corrected chi connectivity index (χ1v) is 7.32. The number of anilines is 1. The second-order valence-corrected chi connectivity index (χ2v) is 5.14. The molecule has 2 aromatic carbocycles. The van der Waals surface area contributed by atoms with E-state index in [1.54, 1.807) is 0 Å². The van der Waals surface area contributed by atoms with Gasteiger partial charge in [0.25, 0.3) is 0 Å². The molecule has 0 spiro atoms. The van der Waals surface area contributed by atoms with Crippen LogP contribution >= 0.6 is 12.2 Å². The van der Waals surface area contributed by atoms with E-state index in [2.05, 4.69) is 54.0 Å². The Balaban J connectivity index is 2.11. The zero-order valence-corrected chi connectivity index (χ0v) is 12.8. The molecule has 0 aromatic heterocycles. The van der Waals surface area contributed by atoms with Crippen LogP contribution in [0.4, 0.5) is 5.69 Å². The van der Waals surface area contributed by atoms with Gasteiger partial charge in [0.1, 0.15) is 0 Å². The Morgan fingerprint density at radius 3 is 2.00 bits per heavy atom. The van der Waals surface area contributed by atoms with Gasteiger partial charge in [0.2, 0.25) is 0 Å². The van der Waals surface area contributed by atoms with E-state index in [-0.39, 0.29) is 0 Å². The average Bonchev–Trinajstić information content (AvgIpc) is 2.49. The van der Waals surface area contributed by atoms with Crippen LogP contribution in [0.25, 0.3) is 11.1 Å². The summed E-state index contributed by atoms with van der Waals surface area (Å²) in [6.45, 7) is 2.20. The summed E-state index contributed by atoms with van der Waals surface area (Å²) >= 11 is 5.08. The van der Waals surface area contributed by atoms with Gasteiger partial charge in [0, 0.05) is 12.7 Å². The van der Waals surface area contributed by atoms with Crippen LogP contribution in [0.15, 0.2) is 48.5 Å². The van der Waals surface area contributed by atoms with Gasteiger partial charge >= 0.3 is 0 Å². The van der Waals surface area contributed by atoms with Gasteiger partial charge in [-0.15, -0.1) is 0 Å². The predicted molar refractivity (Wildman–Crippen MR) is 91.2 cm³/mol. The molecule has 104 valence electrons. The SMILES string of the molecule is CCCc1ccc(-c2ccc(NC(=S)NC)cc2)cc1. The quantitative estimate of drug-likeness (QED) is 0.822. The molecule has 0 saturated heterocycles. The number of thiocarbonyl (C=S) groups is 1. The fourth-order valence-corrected chi connectivity index (χ4v) is 2.21. The minimum atomic E-state index is 0.627. The Labute approximate surface area is 126 Å². The van der Waals surface area contributed by atoms with Gasteiger partial charge in [-0.2, -0.15) is 0 Å².